The Balaban J connectivity index is -0.000000173. The van der Waals surface area contributed by atoms with E-state index in [1.165, 1.54) is 20.8 Å². The summed E-state index contributed by atoms with van der Waals surface area (Å²) < 4.78 is 0. The van der Waals surface area contributed by atoms with Gasteiger partial charge in [0.1, 0.15) is 52.9 Å². The third-order valence-electron chi connectivity index (χ3n) is 11.6. The molecule has 0 spiro atoms. The van der Waals surface area contributed by atoms with E-state index in [-0.39, 0.29) is 115 Å². The fourth-order valence-corrected chi connectivity index (χ4v) is 5.78. The summed E-state index contributed by atoms with van der Waals surface area (Å²) >= 11 is 0. The molecule has 2 unspecified atom stereocenters. The molecule has 0 saturated heterocycles. The zero-order chi connectivity index (χ0) is 70.6. The molecule has 87 heavy (non-hydrogen) atoms. The predicted molar refractivity (Wildman–Crippen MR) is 321 cm³/mol. The van der Waals surface area contributed by atoms with Crippen LogP contribution in [0.15, 0.2) is 12.2 Å². The van der Waals surface area contributed by atoms with E-state index in [0.29, 0.717) is 18.9 Å². The number of carboxylic acid groups (broad SMARTS) is 5. The number of nitrogens with two attached hydrogens (primary N) is 1. The van der Waals surface area contributed by atoms with Crippen molar-refractivity contribution >= 4 is 93.6 Å². The summed E-state index contributed by atoms with van der Waals surface area (Å²) in [6.45, 7) is 32.8. The standard InChI is InChI=1S/C13H25NO3.C9H14O6.C9H14O3.C8H15NO3.C8H14O3.C7H12O3.C7H10O3/c1-9(2)8-13(4,5)11(16)12(17)14-7-6-10(3)15;1-5(2)6(10)3-9(15,8(13)14)4-7(11)12;1-6(2)8(11)4-5-9(12)7(3)10;1-5(2)7(10)4-3-6(9)8(11)12;1-5(2)7(10)4-8(11)6(3)9;2*1-5(2)6(8)3-4-7(9)10/h9,11,16H,6-8H2,1-5H3,(H,14,17);5,15H,3-4H2,1-2H3,(H,11,12)(H,13,14);6H,4-5H2,1-3H3;5-6H,3-4,9H2,1-2H3,(H,11,12);5,8,11H,4H2,1-3H3;5H,3-4H2,1-2H3,(H,9,10);3-5H,1-2H3,(H,9,10)/b;;;;;;4-3+/t11-;;;6-;;;/m0..0.../s1. The van der Waals surface area contributed by atoms with Crippen molar-refractivity contribution in [1.82, 2.24) is 5.32 Å². The Bertz CT molecular complexity index is 2270. The van der Waals surface area contributed by atoms with Gasteiger partial charge in [0, 0.05) is 100.0 Å². The van der Waals surface area contributed by atoms with E-state index in [9.17, 15) is 86.9 Å². The molecule has 26 nitrogen and oxygen atoms in total. The third-order valence-corrected chi connectivity index (χ3v) is 11.6. The first-order valence-corrected chi connectivity index (χ1v) is 28.4. The van der Waals surface area contributed by atoms with Crippen molar-refractivity contribution in [2.24, 2.45) is 52.6 Å². The first kappa shape index (κ1) is 93.8. The number of allylic oxidation sites excluding steroid dienone is 1. The maximum Gasteiger partial charge on any atom is 0.336 e. The van der Waals surface area contributed by atoms with Gasteiger partial charge in [0.25, 0.3) is 0 Å². The van der Waals surface area contributed by atoms with E-state index in [2.05, 4.69) is 19.2 Å². The van der Waals surface area contributed by atoms with Crippen LogP contribution in [-0.2, 0) is 76.7 Å². The largest absolute Gasteiger partial charge is 0.481 e. The van der Waals surface area contributed by atoms with Crippen LogP contribution in [0.1, 0.15) is 202 Å². The van der Waals surface area contributed by atoms with Gasteiger partial charge in [0.15, 0.2) is 28.7 Å². The average Bonchev–Trinajstić information content (AvgIpc) is 3.37. The number of rotatable bonds is 34. The van der Waals surface area contributed by atoms with E-state index in [1.54, 1.807) is 83.1 Å². The van der Waals surface area contributed by atoms with Gasteiger partial charge in [-0.2, -0.15) is 0 Å². The van der Waals surface area contributed by atoms with Gasteiger partial charge < -0.3 is 51.9 Å². The van der Waals surface area contributed by atoms with E-state index < -0.39 is 101 Å². The fraction of sp³-hybridized carbons (Fsp3) is 0.705. The van der Waals surface area contributed by atoms with Gasteiger partial charge in [-0.15, -0.1) is 0 Å². The maximum absolute atomic E-state index is 11.7. The molecule has 0 bridgehead atoms. The zero-order valence-electron chi connectivity index (χ0n) is 54.6. The van der Waals surface area contributed by atoms with Crippen LogP contribution in [0.5, 0.6) is 0 Å². The molecule has 0 aliphatic carbocycles. The van der Waals surface area contributed by atoms with Crippen molar-refractivity contribution in [3.8, 4) is 0 Å². The number of Topliss-reactive ketones (excluding diaryl/α,β-unsaturated/α-hetero) is 9. The van der Waals surface area contributed by atoms with Crippen LogP contribution in [0, 0.1) is 46.8 Å². The second-order valence-corrected chi connectivity index (χ2v) is 23.3. The number of amides is 1. The van der Waals surface area contributed by atoms with E-state index in [4.69, 9.17) is 36.4 Å². The summed E-state index contributed by atoms with van der Waals surface area (Å²) in [5, 5.41) is 72.8. The summed E-state index contributed by atoms with van der Waals surface area (Å²) in [4.78, 5) is 171. The zero-order valence-corrected chi connectivity index (χ0v) is 54.6. The summed E-state index contributed by atoms with van der Waals surface area (Å²) in [6, 6.07) is -0.910. The van der Waals surface area contributed by atoms with Crippen LogP contribution in [0.25, 0.3) is 0 Å². The van der Waals surface area contributed by atoms with Crippen LogP contribution < -0.4 is 11.1 Å². The monoisotopic (exact) mass is 1250 g/mol. The molecule has 11 N–H and O–H groups in total. The number of nitrogens with one attached hydrogen (secondary N) is 1. The van der Waals surface area contributed by atoms with Crippen LogP contribution >= 0.6 is 0 Å². The van der Waals surface area contributed by atoms with Crippen LogP contribution in [0.2, 0.25) is 0 Å². The molecule has 1 amide bonds. The quantitative estimate of drug-likeness (QED) is 0.0283. The van der Waals surface area contributed by atoms with Gasteiger partial charge in [-0.1, -0.05) is 111 Å². The van der Waals surface area contributed by atoms with Crippen molar-refractivity contribution in [1.29, 1.82) is 0 Å². The molecular weight excluding hydrogens is 1140 g/mol. The summed E-state index contributed by atoms with van der Waals surface area (Å²) in [5.74, 6) is -8.84. The van der Waals surface area contributed by atoms with E-state index in [0.717, 1.165) is 18.6 Å². The predicted octanol–water partition coefficient (Wildman–Crippen LogP) is 5.44. The van der Waals surface area contributed by atoms with E-state index in [1.807, 2.05) is 13.8 Å². The van der Waals surface area contributed by atoms with Crippen molar-refractivity contribution in [3.05, 3.63) is 12.2 Å². The number of carbonyl (C=O) groups is 16. The summed E-state index contributed by atoms with van der Waals surface area (Å²) in [5.41, 5.74) is 2.26. The van der Waals surface area contributed by atoms with Gasteiger partial charge >= 0.3 is 29.8 Å². The highest BCUT2D eigenvalue weighted by Crippen LogP contribution is 2.29. The minimum Gasteiger partial charge on any atom is -0.481 e. The number of aliphatic hydroxyl groups excluding tert-OH is 2. The molecule has 4 atom stereocenters. The molecule has 0 aliphatic heterocycles. The number of aliphatic carboxylic acids is 5. The number of hydrogen-bond donors (Lipinski definition) is 10. The molecule has 0 aromatic rings. The lowest BCUT2D eigenvalue weighted by Crippen LogP contribution is -2.44. The van der Waals surface area contributed by atoms with Crippen LogP contribution in [0.4, 0.5) is 0 Å². The second kappa shape index (κ2) is 50.1. The molecule has 0 aromatic heterocycles. The van der Waals surface area contributed by atoms with Gasteiger partial charge in [-0.3, -0.25) is 67.1 Å². The Hall–Kier alpha value is -6.90. The summed E-state index contributed by atoms with van der Waals surface area (Å²) in [7, 11) is 0. The molecular formula is C61H104N2O24. The molecule has 0 heterocycles. The first-order chi connectivity index (χ1) is 39.3. The van der Waals surface area contributed by atoms with Crippen molar-refractivity contribution < 1.29 is 118 Å². The highest BCUT2D eigenvalue weighted by Gasteiger charge is 2.41. The number of ketones is 10. The highest BCUT2D eigenvalue weighted by molar-refractivity contribution is 6.36. The molecule has 0 aromatic carbocycles. The van der Waals surface area contributed by atoms with Crippen LogP contribution in [-0.4, -0.2) is 165 Å². The maximum atomic E-state index is 11.7. The Morgan fingerprint density at radius 1 is 0.506 bits per heavy atom. The topological polar surface area (TPSA) is 473 Å². The lowest BCUT2D eigenvalue weighted by atomic mass is 9.78. The molecule has 0 aliphatic rings. The molecule has 0 rings (SSSR count). The van der Waals surface area contributed by atoms with Crippen molar-refractivity contribution in [3.63, 3.8) is 0 Å². The van der Waals surface area contributed by atoms with Gasteiger partial charge in [-0.05, 0) is 44.1 Å². The molecule has 0 fully saturated rings. The Kier molecular flexibility index (Phi) is 54.0. The number of aliphatic hydroxyl groups is 3. The number of carboxylic acids is 5. The minimum atomic E-state index is -2.51. The molecule has 502 valence electrons. The molecule has 26 heteroatoms. The number of carbonyl (C=O) groups excluding carboxylic acids is 11. The normalized spacial score (nSPS) is 12.4. The first-order valence-electron chi connectivity index (χ1n) is 28.4. The average molecular weight is 1250 g/mol. The smallest absolute Gasteiger partial charge is 0.336 e. The van der Waals surface area contributed by atoms with E-state index >= 15 is 0 Å². The lowest BCUT2D eigenvalue weighted by molar-refractivity contribution is -0.167. The van der Waals surface area contributed by atoms with Crippen LogP contribution in [0.3, 0.4) is 0 Å². The van der Waals surface area contributed by atoms with Crippen molar-refractivity contribution in [2.45, 2.75) is 226 Å². The summed E-state index contributed by atoms with van der Waals surface area (Å²) in [6.07, 6.45) is -0.00164. The highest BCUT2D eigenvalue weighted by atomic mass is 16.4. The number of hydrogen-bond acceptors (Lipinski definition) is 20. The van der Waals surface area contributed by atoms with Gasteiger partial charge in [-0.25, -0.2) is 9.59 Å². The minimum absolute atomic E-state index is 0.0161. The SMILES string of the molecule is CC(=O)C(=O)CCC(=O)C(C)C.CC(=O)C(O)CC(=O)C(C)C.CC(=O)CCNC(=O)[C@H](O)C(C)(C)CC(C)C.CC(C)C(=O)/C=C/C(=O)O.CC(C)C(=O)CC(O)(CC(=O)O)C(=O)O.CC(C)C(=O)CCC(=O)O.CC(C)C(=O)CC[C@H](N)C(=O)O. The lowest BCUT2D eigenvalue weighted by Gasteiger charge is -2.31. The van der Waals surface area contributed by atoms with Gasteiger partial charge in [0.2, 0.25) is 5.91 Å². The third kappa shape index (κ3) is 57.9. The van der Waals surface area contributed by atoms with Gasteiger partial charge in [0.05, 0.1) is 12.8 Å². The Morgan fingerprint density at radius 3 is 1.23 bits per heavy atom. The second-order valence-electron chi connectivity index (χ2n) is 23.3. The Morgan fingerprint density at radius 2 is 0.920 bits per heavy atom. The molecule has 0 saturated carbocycles. The molecule has 0 radical (unpaired) electrons. The fourth-order valence-electron chi connectivity index (χ4n) is 5.78. The van der Waals surface area contributed by atoms with Crippen molar-refractivity contribution in [2.75, 3.05) is 6.54 Å². The Labute approximate surface area is 512 Å².